The Balaban J connectivity index is 2.05. The van der Waals surface area contributed by atoms with Crippen molar-refractivity contribution in [1.82, 2.24) is 0 Å². The van der Waals surface area contributed by atoms with Crippen LogP contribution in [0.1, 0.15) is 12.0 Å². The maximum Gasteiger partial charge on any atom is 0.296 e. The molecule has 124 valence electrons. The number of carbonyl (C=O) groups excluding carboxylic acids is 1. The first-order valence-electron chi connectivity index (χ1n) is 6.70. The summed E-state index contributed by atoms with van der Waals surface area (Å²) in [5.41, 5.74) is 1.50. The second kappa shape index (κ2) is 6.18. The molecule has 24 heavy (non-hydrogen) atoms. The molecular weight excluding hydrogens is 375 g/mol. The van der Waals surface area contributed by atoms with Crippen LogP contribution >= 0.6 is 23.2 Å². The standard InChI is InChI=1S/C15H10Cl2N2O4S/c16-10-7-14(24(21,22)23)11(17)6-13(10)19-15(20)8-12(18-19)9-4-2-1-3-5-9/h1-7H,8H2,(H,21,22,23). The van der Waals surface area contributed by atoms with Crippen LogP contribution in [-0.4, -0.2) is 24.6 Å². The Morgan fingerprint density at radius 2 is 1.75 bits per heavy atom. The molecule has 1 amide bonds. The SMILES string of the molecule is O=C1CC(c2ccccc2)=NN1c1cc(Cl)c(S(=O)(=O)O)cc1Cl. The fourth-order valence-electron chi connectivity index (χ4n) is 2.29. The predicted octanol–water partition coefficient (Wildman–Crippen LogP) is 3.38. The number of carbonyl (C=O) groups is 1. The topological polar surface area (TPSA) is 87.0 Å². The molecule has 1 aliphatic rings. The number of amides is 1. The zero-order valence-corrected chi connectivity index (χ0v) is 14.3. The predicted molar refractivity (Wildman–Crippen MR) is 91.4 cm³/mol. The zero-order chi connectivity index (χ0) is 17.5. The largest absolute Gasteiger partial charge is 0.296 e. The molecule has 0 bridgehead atoms. The number of nitrogens with zero attached hydrogens (tertiary/aromatic N) is 2. The third kappa shape index (κ3) is 3.16. The highest BCUT2D eigenvalue weighted by Gasteiger charge is 2.29. The highest BCUT2D eigenvalue weighted by atomic mass is 35.5. The molecule has 9 heteroatoms. The summed E-state index contributed by atoms with van der Waals surface area (Å²) in [4.78, 5) is 11.7. The minimum absolute atomic E-state index is 0.0709. The van der Waals surface area contributed by atoms with Crippen LogP contribution in [0.5, 0.6) is 0 Å². The molecule has 1 heterocycles. The van der Waals surface area contributed by atoms with Crippen LogP contribution in [0, 0.1) is 0 Å². The lowest BCUT2D eigenvalue weighted by Crippen LogP contribution is -2.20. The van der Waals surface area contributed by atoms with Gasteiger partial charge in [-0.05, 0) is 17.7 Å². The number of rotatable bonds is 3. The Kier molecular flexibility index (Phi) is 4.35. The fourth-order valence-corrected chi connectivity index (χ4v) is 3.62. The highest BCUT2D eigenvalue weighted by molar-refractivity contribution is 7.86. The van der Waals surface area contributed by atoms with Gasteiger partial charge in [-0.15, -0.1) is 0 Å². The third-order valence-electron chi connectivity index (χ3n) is 3.39. The van der Waals surface area contributed by atoms with Crippen molar-refractivity contribution in [2.75, 3.05) is 5.01 Å². The molecule has 0 radical (unpaired) electrons. The summed E-state index contributed by atoms with van der Waals surface area (Å²) in [5.74, 6) is -0.327. The first-order chi connectivity index (χ1) is 11.3. The summed E-state index contributed by atoms with van der Waals surface area (Å²) in [6.45, 7) is 0. The van der Waals surface area contributed by atoms with Gasteiger partial charge in [-0.2, -0.15) is 18.5 Å². The summed E-state index contributed by atoms with van der Waals surface area (Å²) in [7, 11) is -4.52. The van der Waals surface area contributed by atoms with Gasteiger partial charge >= 0.3 is 0 Å². The van der Waals surface area contributed by atoms with Crippen LogP contribution in [0.25, 0.3) is 0 Å². The molecule has 0 saturated carbocycles. The summed E-state index contributed by atoms with van der Waals surface area (Å²) < 4.78 is 31.6. The van der Waals surface area contributed by atoms with Gasteiger partial charge in [0.05, 0.1) is 27.9 Å². The Morgan fingerprint density at radius 3 is 2.38 bits per heavy atom. The minimum atomic E-state index is -4.52. The maximum atomic E-state index is 12.2. The molecule has 0 spiro atoms. The Hall–Kier alpha value is -1.93. The quantitative estimate of drug-likeness (QED) is 0.821. The molecule has 1 aliphatic heterocycles. The first kappa shape index (κ1) is 16.9. The van der Waals surface area contributed by atoms with Crippen LogP contribution in [0.15, 0.2) is 52.5 Å². The van der Waals surface area contributed by atoms with Crippen LogP contribution in [-0.2, 0) is 14.9 Å². The summed E-state index contributed by atoms with van der Waals surface area (Å²) >= 11 is 11.9. The van der Waals surface area contributed by atoms with Crippen molar-refractivity contribution in [3.8, 4) is 0 Å². The van der Waals surface area contributed by atoms with E-state index in [0.29, 0.717) is 5.71 Å². The van der Waals surface area contributed by atoms with Gasteiger partial charge in [-0.3, -0.25) is 9.35 Å². The van der Waals surface area contributed by atoms with E-state index in [1.54, 1.807) is 0 Å². The van der Waals surface area contributed by atoms with Gasteiger partial charge in [0.1, 0.15) is 4.90 Å². The first-order valence-corrected chi connectivity index (χ1v) is 8.89. The van der Waals surface area contributed by atoms with Gasteiger partial charge in [0.25, 0.3) is 16.0 Å². The normalized spacial score (nSPS) is 14.9. The van der Waals surface area contributed by atoms with Crippen LogP contribution in [0.3, 0.4) is 0 Å². The summed E-state index contributed by atoms with van der Waals surface area (Å²) in [5, 5.41) is 5.00. The lowest BCUT2D eigenvalue weighted by Gasteiger charge is -2.15. The molecule has 0 aliphatic carbocycles. The van der Waals surface area contributed by atoms with Crippen molar-refractivity contribution in [3.05, 3.63) is 58.1 Å². The second-order valence-electron chi connectivity index (χ2n) is 5.00. The van der Waals surface area contributed by atoms with Crippen molar-refractivity contribution >= 4 is 50.6 Å². The average Bonchev–Trinajstić information content (AvgIpc) is 2.91. The monoisotopic (exact) mass is 384 g/mol. The minimum Gasteiger partial charge on any atom is -0.282 e. The number of hydrogen-bond donors (Lipinski definition) is 1. The van der Waals surface area contributed by atoms with Gasteiger partial charge in [0.15, 0.2) is 0 Å². The molecule has 0 fully saturated rings. The van der Waals surface area contributed by atoms with Crippen LogP contribution in [0.2, 0.25) is 10.0 Å². The van der Waals surface area contributed by atoms with E-state index < -0.39 is 15.0 Å². The Bertz CT molecular complexity index is 959. The smallest absolute Gasteiger partial charge is 0.282 e. The van der Waals surface area contributed by atoms with E-state index in [0.717, 1.165) is 16.6 Å². The Labute approximate surface area is 148 Å². The van der Waals surface area contributed by atoms with Gasteiger partial charge in [0, 0.05) is 0 Å². The lowest BCUT2D eigenvalue weighted by atomic mass is 10.1. The molecule has 0 aromatic heterocycles. The van der Waals surface area contributed by atoms with Gasteiger partial charge in [-0.25, -0.2) is 0 Å². The molecule has 1 N–H and O–H groups in total. The molecule has 0 unspecified atom stereocenters. The van der Waals surface area contributed by atoms with E-state index >= 15 is 0 Å². The van der Waals surface area contributed by atoms with Crippen LogP contribution in [0.4, 0.5) is 5.69 Å². The van der Waals surface area contributed by atoms with E-state index in [1.807, 2.05) is 30.3 Å². The van der Waals surface area contributed by atoms with Gasteiger partial charge in [0.2, 0.25) is 0 Å². The molecular formula is C15H10Cl2N2O4S. The number of hydrogen-bond acceptors (Lipinski definition) is 4. The molecule has 0 atom stereocenters. The highest BCUT2D eigenvalue weighted by Crippen LogP contribution is 2.36. The number of hydrazone groups is 1. The lowest BCUT2D eigenvalue weighted by molar-refractivity contribution is -0.116. The van der Waals surface area contributed by atoms with E-state index in [-0.39, 0.29) is 28.1 Å². The van der Waals surface area contributed by atoms with Gasteiger partial charge in [-0.1, -0.05) is 53.5 Å². The maximum absolute atomic E-state index is 12.2. The zero-order valence-electron chi connectivity index (χ0n) is 12.0. The van der Waals surface area contributed by atoms with Crippen molar-refractivity contribution in [1.29, 1.82) is 0 Å². The summed E-state index contributed by atoms with van der Waals surface area (Å²) in [6.07, 6.45) is 0.0814. The number of anilines is 1. The molecule has 3 rings (SSSR count). The second-order valence-corrected chi connectivity index (χ2v) is 7.21. The molecule has 6 nitrogen and oxygen atoms in total. The van der Waals surface area contributed by atoms with Gasteiger partial charge < -0.3 is 0 Å². The number of halogens is 2. The molecule has 0 saturated heterocycles. The van der Waals surface area contributed by atoms with Crippen molar-refractivity contribution in [2.24, 2.45) is 5.10 Å². The van der Waals surface area contributed by atoms with E-state index in [1.165, 1.54) is 6.07 Å². The van der Waals surface area contributed by atoms with E-state index in [9.17, 15) is 13.2 Å². The molecule has 2 aromatic rings. The van der Waals surface area contributed by atoms with Crippen molar-refractivity contribution in [2.45, 2.75) is 11.3 Å². The fraction of sp³-hybridized carbons (Fsp3) is 0.0667. The number of benzene rings is 2. The summed E-state index contributed by atoms with van der Waals surface area (Å²) in [6, 6.07) is 11.3. The average molecular weight is 385 g/mol. The van der Waals surface area contributed by atoms with Crippen molar-refractivity contribution in [3.63, 3.8) is 0 Å². The Morgan fingerprint density at radius 1 is 1.08 bits per heavy atom. The van der Waals surface area contributed by atoms with E-state index in [2.05, 4.69) is 5.10 Å². The van der Waals surface area contributed by atoms with E-state index in [4.69, 9.17) is 27.8 Å². The van der Waals surface area contributed by atoms with Crippen molar-refractivity contribution < 1.29 is 17.8 Å². The molecule has 2 aromatic carbocycles. The van der Waals surface area contributed by atoms with Crippen LogP contribution < -0.4 is 5.01 Å². The third-order valence-corrected chi connectivity index (χ3v) is 5.01.